The largest absolute Gasteiger partial charge is 0.386 e. The summed E-state index contributed by atoms with van der Waals surface area (Å²) in [5.41, 5.74) is 5.81. The van der Waals surface area contributed by atoms with Crippen molar-refractivity contribution in [3.8, 4) is 0 Å². The minimum atomic E-state index is 0.156. The third kappa shape index (κ3) is 5.74. The molecule has 0 radical (unpaired) electrons. The number of hydrogen-bond acceptors (Lipinski definition) is 2. The zero-order valence-corrected chi connectivity index (χ0v) is 21.5. The number of amides is 1. The first-order valence-corrected chi connectivity index (χ1v) is 12.8. The van der Waals surface area contributed by atoms with Gasteiger partial charge in [-0.2, -0.15) is 0 Å². The molecule has 1 aromatic rings. The van der Waals surface area contributed by atoms with E-state index in [0.717, 1.165) is 42.9 Å². The Kier molecular flexibility index (Phi) is 7.09. The average molecular weight is 467 g/mol. The van der Waals surface area contributed by atoms with Crippen molar-refractivity contribution in [3.63, 3.8) is 0 Å². The van der Waals surface area contributed by atoms with E-state index >= 15 is 0 Å². The fraction of sp³-hybridized carbons (Fsp3) is 0.552. The number of carbonyl (C=O) groups is 1. The number of halogens is 1. The number of aryl methyl sites for hydroxylation is 1. The van der Waals surface area contributed by atoms with E-state index in [4.69, 9.17) is 11.6 Å². The molecule has 1 saturated carbocycles. The number of piperidine rings is 1. The van der Waals surface area contributed by atoms with E-state index in [2.05, 4.69) is 56.1 Å². The second-order valence-corrected chi connectivity index (χ2v) is 11.5. The number of allylic oxidation sites excluding steroid dienone is 4. The SMILES string of the molecule is C=C1CC2CC(C/C=C/C=C(\C)Cc3cc(C)c(Cl)c(c3)N(C)C(=O)CCC3(C)CC3C2)N1. The molecular weight excluding hydrogens is 428 g/mol. The van der Waals surface area contributed by atoms with Crippen LogP contribution in [0.15, 0.2) is 48.2 Å². The van der Waals surface area contributed by atoms with Crippen LogP contribution in [0.25, 0.3) is 0 Å². The van der Waals surface area contributed by atoms with E-state index < -0.39 is 0 Å². The van der Waals surface area contributed by atoms with Crippen LogP contribution >= 0.6 is 11.6 Å². The number of carbonyl (C=O) groups excluding carboxylic acids is 1. The molecule has 33 heavy (non-hydrogen) atoms. The van der Waals surface area contributed by atoms with Gasteiger partial charge in [-0.1, -0.05) is 55.0 Å². The lowest BCUT2D eigenvalue weighted by atomic mass is 9.83. The third-order valence-electron chi connectivity index (χ3n) is 8.08. The van der Waals surface area contributed by atoms with Crippen LogP contribution in [0.4, 0.5) is 5.69 Å². The molecule has 2 aliphatic heterocycles. The summed E-state index contributed by atoms with van der Waals surface area (Å²) >= 11 is 6.65. The number of anilines is 1. The van der Waals surface area contributed by atoms with Crippen LogP contribution in [-0.2, 0) is 11.2 Å². The second kappa shape index (κ2) is 9.70. The Morgan fingerprint density at radius 2 is 2.03 bits per heavy atom. The average Bonchev–Trinajstić information content (AvgIpc) is 3.39. The van der Waals surface area contributed by atoms with E-state index in [1.165, 1.54) is 36.1 Å². The minimum absolute atomic E-state index is 0.156. The minimum Gasteiger partial charge on any atom is -0.386 e. The van der Waals surface area contributed by atoms with Gasteiger partial charge in [0.2, 0.25) is 5.91 Å². The van der Waals surface area contributed by atoms with E-state index in [1.807, 2.05) is 14.0 Å². The molecule has 2 fully saturated rings. The van der Waals surface area contributed by atoms with Gasteiger partial charge in [-0.3, -0.25) is 4.79 Å². The summed E-state index contributed by atoms with van der Waals surface area (Å²) in [6, 6.07) is 4.70. The van der Waals surface area contributed by atoms with Gasteiger partial charge >= 0.3 is 0 Å². The van der Waals surface area contributed by atoms with E-state index in [9.17, 15) is 4.79 Å². The molecule has 1 N–H and O–H groups in total. The van der Waals surface area contributed by atoms with Crippen molar-refractivity contribution in [2.75, 3.05) is 11.9 Å². The number of nitrogens with one attached hydrogen (secondary N) is 1. The van der Waals surface area contributed by atoms with Crippen LogP contribution in [0, 0.1) is 24.2 Å². The normalized spacial score (nSPS) is 33.5. The summed E-state index contributed by atoms with van der Waals surface area (Å²) in [5, 5.41) is 4.30. The standard InChI is InChI=1S/C29H39ClN2O/c1-19-8-6-7-9-25-16-23(14-21(3)31-25)15-24-18-29(24,4)11-10-27(33)32(5)26-17-22(12-19)13-20(2)28(26)30/h6-8,13,17,23-25,31H,3,9-12,14-16,18H2,1-2,4-5H3/b7-6+,19-8+. The zero-order chi connectivity index (χ0) is 23.8. The molecule has 4 rings (SSSR count). The predicted molar refractivity (Wildman–Crippen MR) is 140 cm³/mol. The second-order valence-electron chi connectivity index (χ2n) is 11.1. The number of nitrogens with zero attached hydrogens (tertiary/aromatic N) is 1. The maximum absolute atomic E-state index is 13.1. The van der Waals surface area contributed by atoms with Gasteiger partial charge in [-0.05, 0) is 93.2 Å². The summed E-state index contributed by atoms with van der Waals surface area (Å²) in [6.45, 7) is 10.8. The molecular formula is C29H39ClN2O. The van der Waals surface area contributed by atoms with Crippen molar-refractivity contribution in [2.24, 2.45) is 17.3 Å². The molecule has 1 aliphatic carbocycles. The molecule has 1 amide bonds. The Morgan fingerprint density at radius 3 is 2.82 bits per heavy atom. The highest BCUT2D eigenvalue weighted by Crippen LogP contribution is 2.59. The number of benzene rings is 1. The quantitative estimate of drug-likeness (QED) is 0.440. The Bertz CT molecular complexity index is 994. The molecule has 0 spiro atoms. The molecule has 3 nitrogen and oxygen atoms in total. The van der Waals surface area contributed by atoms with Crippen LogP contribution in [-0.4, -0.2) is 19.0 Å². The van der Waals surface area contributed by atoms with Crippen molar-refractivity contribution >= 4 is 23.2 Å². The van der Waals surface area contributed by atoms with Gasteiger partial charge in [0.25, 0.3) is 0 Å². The molecule has 4 heteroatoms. The lowest BCUT2D eigenvalue weighted by Crippen LogP contribution is -2.36. The Balaban J connectivity index is 1.59. The molecule has 4 bridgehead atoms. The number of fused-ring (bicyclic) bond motifs is 5. The van der Waals surface area contributed by atoms with Gasteiger partial charge in [0.1, 0.15) is 0 Å². The molecule has 3 aliphatic rings. The molecule has 0 aromatic heterocycles. The predicted octanol–water partition coefficient (Wildman–Crippen LogP) is 7.14. The zero-order valence-electron chi connectivity index (χ0n) is 20.7. The van der Waals surface area contributed by atoms with Crippen LogP contribution in [0.3, 0.4) is 0 Å². The third-order valence-corrected chi connectivity index (χ3v) is 8.57. The van der Waals surface area contributed by atoms with Crippen molar-refractivity contribution in [3.05, 3.63) is 64.4 Å². The van der Waals surface area contributed by atoms with E-state index in [1.54, 1.807) is 4.90 Å². The molecule has 1 saturated heterocycles. The number of hydrogen-bond donors (Lipinski definition) is 1. The Morgan fingerprint density at radius 1 is 1.24 bits per heavy atom. The van der Waals surface area contributed by atoms with E-state index in [-0.39, 0.29) is 5.91 Å². The van der Waals surface area contributed by atoms with Crippen molar-refractivity contribution in [2.45, 2.75) is 78.2 Å². The highest BCUT2D eigenvalue weighted by molar-refractivity contribution is 6.34. The van der Waals surface area contributed by atoms with Crippen LogP contribution in [0.2, 0.25) is 5.02 Å². The lowest BCUT2D eigenvalue weighted by Gasteiger charge is -2.32. The van der Waals surface area contributed by atoms with Gasteiger partial charge in [0.15, 0.2) is 0 Å². The molecule has 4 atom stereocenters. The lowest BCUT2D eigenvalue weighted by molar-refractivity contribution is -0.118. The highest BCUT2D eigenvalue weighted by Gasteiger charge is 2.50. The molecule has 1 aromatic carbocycles. The van der Waals surface area contributed by atoms with Crippen molar-refractivity contribution < 1.29 is 4.79 Å². The summed E-state index contributed by atoms with van der Waals surface area (Å²) in [6.07, 6.45) is 14.9. The van der Waals surface area contributed by atoms with Crippen LogP contribution < -0.4 is 10.2 Å². The summed E-state index contributed by atoms with van der Waals surface area (Å²) in [7, 11) is 1.87. The summed E-state index contributed by atoms with van der Waals surface area (Å²) in [5.74, 6) is 1.58. The summed E-state index contributed by atoms with van der Waals surface area (Å²) in [4.78, 5) is 14.9. The first-order valence-electron chi connectivity index (χ1n) is 12.5. The highest BCUT2D eigenvalue weighted by atomic mass is 35.5. The molecule has 4 unspecified atom stereocenters. The Hall–Kier alpha value is -2.00. The monoisotopic (exact) mass is 466 g/mol. The molecule has 178 valence electrons. The summed E-state index contributed by atoms with van der Waals surface area (Å²) < 4.78 is 0. The maximum Gasteiger partial charge on any atom is 0.226 e. The van der Waals surface area contributed by atoms with Gasteiger partial charge in [0.05, 0.1) is 10.7 Å². The number of rotatable bonds is 0. The van der Waals surface area contributed by atoms with Crippen molar-refractivity contribution in [1.29, 1.82) is 0 Å². The fourth-order valence-corrected chi connectivity index (χ4v) is 6.11. The van der Waals surface area contributed by atoms with Gasteiger partial charge < -0.3 is 10.2 Å². The smallest absolute Gasteiger partial charge is 0.226 e. The van der Waals surface area contributed by atoms with Crippen LogP contribution in [0.5, 0.6) is 0 Å². The van der Waals surface area contributed by atoms with Crippen LogP contribution in [0.1, 0.15) is 69.9 Å². The topological polar surface area (TPSA) is 32.3 Å². The van der Waals surface area contributed by atoms with Gasteiger partial charge in [-0.15, -0.1) is 0 Å². The van der Waals surface area contributed by atoms with Crippen molar-refractivity contribution in [1.82, 2.24) is 5.32 Å². The van der Waals surface area contributed by atoms with E-state index in [0.29, 0.717) is 28.8 Å². The van der Waals surface area contributed by atoms with Gasteiger partial charge in [-0.25, -0.2) is 0 Å². The maximum atomic E-state index is 13.1. The first-order chi connectivity index (χ1) is 15.6. The Labute approximate surface area is 205 Å². The molecule has 2 heterocycles. The van der Waals surface area contributed by atoms with Gasteiger partial charge in [0, 0.05) is 25.2 Å². The first kappa shape index (κ1) is 24.1. The fourth-order valence-electron chi connectivity index (χ4n) is 5.88.